The van der Waals surface area contributed by atoms with Gasteiger partial charge in [0.1, 0.15) is 0 Å². The fraction of sp³-hybridized carbons (Fsp3) is 0. The van der Waals surface area contributed by atoms with Crippen LogP contribution >= 0.6 is 34.2 Å². The average molecular weight is 322 g/mol. The van der Waals surface area contributed by atoms with E-state index in [1.54, 1.807) is 12.1 Å². The number of hydrogen-bond acceptors (Lipinski definition) is 3. The van der Waals surface area contributed by atoms with Crippen LogP contribution in [0.2, 0.25) is 5.02 Å². The van der Waals surface area contributed by atoms with E-state index in [2.05, 4.69) is 37.3 Å². The first kappa shape index (κ1) is 9.72. The van der Waals surface area contributed by atoms with Gasteiger partial charge in [-0.25, -0.2) is 4.79 Å². The lowest BCUT2D eigenvalue weighted by atomic mass is 10.2. The highest BCUT2D eigenvalue weighted by Gasteiger charge is 2.08. The van der Waals surface area contributed by atoms with Crippen LogP contribution in [0.25, 0.3) is 11.4 Å². The van der Waals surface area contributed by atoms with E-state index in [0.29, 0.717) is 10.8 Å². The second-order valence-electron chi connectivity index (χ2n) is 2.57. The van der Waals surface area contributed by atoms with Gasteiger partial charge in [-0.05, 0) is 40.8 Å². The van der Waals surface area contributed by atoms with E-state index in [0.717, 1.165) is 9.13 Å². The van der Waals surface area contributed by atoms with Crippen molar-refractivity contribution in [3.05, 3.63) is 37.3 Å². The largest absolute Gasteiger partial charge is 0.439 e. The van der Waals surface area contributed by atoms with E-state index in [-0.39, 0.29) is 0 Å². The first-order chi connectivity index (χ1) is 6.66. The zero-order valence-electron chi connectivity index (χ0n) is 6.75. The van der Waals surface area contributed by atoms with Crippen molar-refractivity contribution in [2.24, 2.45) is 0 Å². The third kappa shape index (κ3) is 1.83. The maximum atomic E-state index is 10.7. The van der Waals surface area contributed by atoms with Crippen LogP contribution < -0.4 is 5.76 Å². The van der Waals surface area contributed by atoms with Crippen molar-refractivity contribution in [2.45, 2.75) is 0 Å². The predicted octanol–water partition coefficient (Wildman–Crippen LogP) is 2.29. The van der Waals surface area contributed by atoms with Crippen LogP contribution in [0.4, 0.5) is 0 Å². The summed E-state index contributed by atoms with van der Waals surface area (Å²) in [5, 5.41) is 4.17. The summed E-state index contributed by atoms with van der Waals surface area (Å²) in [5.74, 6) is -0.183. The number of rotatable bonds is 1. The molecule has 0 radical (unpaired) electrons. The number of benzene rings is 1. The summed E-state index contributed by atoms with van der Waals surface area (Å²) in [6, 6.07) is 5.33. The quantitative estimate of drug-likeness (QED) is 0.820. The highest BCUT2D eigenvalue weighted by atomic mass is 127. The number of aromatic nitrogens is 2. The van der Waals surface area contributed by atoms with Crippen molar-refractivity contribution < 1.29 is 4.52 Å². The molecular weight excluding hydrogens is 318 g/mol. The molecule has 4 nitrogen and oxygen atoms in total. The number of nitrogens with one attached hydrogen (secondary N) is 1. The zero-order valence-corrected chi connectivity index (χ0v) is 9.67. The molecule has 0 aliphatic rings. The third-order valence-corrected chi connectivity index (χ3v) is 2.80. The van der Waals surface area contributed by atoms with Crippen LogP contribution in [0.3, 0.4) is 0 Å². The molecule has 0 unspecified atom stereocenters. The molecule has 6 heteroatoms. The Morgan fingerprint density at radius 1 is 1.50 bits per heavy atom. The standard InChI is InChI=1S/C8H4ClIN2O2/c9-4-1-2-6(10)5(3-4)7-11-8(13)14-12-7/h1-3H,(H,11,12,13). The molecule has 0 saturated heterocycles. The second-order valence-corrected chi connectivity index (χ2v) is 4.17. The molecule has 0 aliphatic heterocycles. The van der Waals surface area contributed by atoms with Crippen molar-refractivity contribution in [3.8, 4) is 11.4 Å². The Kier molecular flexibility index (Phi) is 2.60. The van der Waals surface area contributed by atoms with E-state index in [1.165, 1.54) is 0 Å². The van der Waals surface area contributed by atoms with Gasteiger partial charge in [-0.2, -0.15) is 0 Å². The van der Waals surface area contributed by atoms with Crippen LogP contribution in [-0.4, -0.2) is 10.1 Å². The molecule has 1 aromatic carbocycles. The highest BCUT2D eigenvalue weighted by Crippen LogP contribution is 2.24. The van der Waals surface area contributed by atoms with Crippen LogP contribution in [0.1, 0.15) is 0 Å². The molecule has 2 rings (SSSR count). The molecule has 0 aliphatic carbocycles. The molecule has 1 N–H and O–H groups in total. The van der Waals surface area contributed by atoms with Gasteiger partial charge in [0.15, 0.2) is 5.82 Å². The summed E-state index contributed by atoms with van der Waals surface area (Å²) >= 11 is 7.95. The summed E-state index contributed by atoms with van der Waals surface area (Å²) in [6.45, 7) is 0. The SMILES string of the molecule is O=c1[nH]c(-c2cc(Cl)ccc2I)no1. The maximum Gasteiger partial charge on any atom is 0.439 e. The van der Waals surface area contributed by atoms with Gasteiger partial charge >= 0.3 is 5.76 Å². The predicted molar refractivity (Wildman–Crippen MR) is 60.3 cm³/mol. The van der Waals surface area contributed by atoms with Crippen LogP contribution in [0.5, 0.6) is 0 Å². The maximum absolute atomic E-state index is 10.7. The normalized spacial score (nSPS) is 10.4. The Labute approximate surface area is 97.4 Å². The van der Waals surface area contributed by atoms with Gasteiger partial charge in [0.2, 0.25) is 0 Å². The van der Waals surface area contributed by atoms with Gasteiger partial charge in [0, 0.05) is 14.2 Å². The van der Waals surface area contributed by atoms with Crippen molar-refractivity contribution in [3.63, 3.8) is 0 Å². The minimum absolute atomic E-state index is 0.391. The van der Waals surface area contributed by atoms with Gasteiger partial charge in [0.25, 0.3) is 0 Å². The molecule has 0 bridgehead atoms. The Bertz CT molecular complexity index is 520. The van der Waals surface area contributed by atoms with Gasteiger partial charge in [-0.3, -0.25) is 9.51 Å². The topological polar surface area (TPSA) is 58.9 Å². The first-order valence-electron chi connectivity index (χ1n) is 3.68. The van der Waals surface area contributed by atoms with Crippen molar-refractivity contribution in [1.82, 2.24) is 10.1 Å². The van der Waals surface area contributed by atoms with Crippen molar-refractivity contribution >= 4 is 34.2 Å². The molecule has 2 aromatic rings. The molecule has 0 fully saturated rings. The summed E-state index contributed by atoms with van der Waals surface area (Å²) in [5.41, 5.74) is 0.754. The Balaban J connectivity index is 2.61. The third-order valence-electron chi connectivity index (χ3n) is 1.62. The number of nitrogens with zero attached hydrogens (tertiary/aromatic N) is 1. The number of hydrogen-bond donors (Lipinski definition) is 1. The molecule has 0 amide bonds. The fourth-order valence-corrected chi connectivity index (χ4v) is 1.79. The van der Waals surface area contributed by atoms with Gasteiger partial charge in [0.05, 0.1) is 0 Å². The Hall–Kier alpha value is -0.820. The smallest absolute Gasteiger partial charge is 0.296 e. The average Bonchev–Trinajstić information content (AvgIpc) is 2.56. The molecule has 0 spiro atoms. The van der Waals surface area contributed by atoms with Crippen LogP contribution in [0, 0.1) is 3.57 Å². The first-order valence-corrected chi connectivity index (χ1v) is 5.14. The lowest BCUT2D eigenvalue weighted by Gasteiger charge is -1.99. The van der Waals surface area contributed by atoms with Gasteiger partial charge in [-0.15, -0.1) is 0 Å². The minimum atomic E-state index is -0.573. The Morgan fingerprint density at radius 3 is 2.93 bits per heavy atom. The molecule has 72 valence electrons. The lowest BCUT2D eigenvalue weighted by Crippen LogP contribution is -1.95. The van der Waals surface area contributed by atoms with Crippen molar-refractivity contribution in [1.29, 1.82) is 0 Å². The number of aromatic amines is 1. The van der Waals surface area contributed by atoms with Gasteiger partial charge in [-0.1, -0.05) is 16.8 Å². The second kappa shape index (κ2) is 3.74. The molecule has 0 atom stereocenters. The number of H-pyrrole nitrogens is 1. The molecule has 1 aromatic heterocycles. The van der Waals surface area contributed by atoms with E-state index < -0.39 is 5.76 Å². The summed E-state index contributed by atoms with van der Waals surface area (Å²) in [7, 11) is 0. The van der Waals surface area contributed by atoms with E-state index in [1.807, 2.05) is 6.07 Å². The van der Waals surface area contributed by atoms with Crippen LogP contribution in [0.15, 0.2) is 27.5 Å². The molecular formula is C8H4ClIN2O2. The van der Waals surface area contributed by atoms with Crippen molar-refractivity contribution in [2.75, 3.05) is 0 Å². The monoisotopic (exact) mass is 322 g/mol. The highest BCUT2D eigenvalue weighted by molar-refractivity contribution is 14.1. The summed E-state index contributed by atoms with van der Waals surface area (Å²) < 4.78 is 5.35. The molecule has 14 heavy (non-hydrogen) atoms. The van der Waals surface area contributed by atoms with E-state index in [4.69, 9.17) is 11.6 Å². The molecule has 1 heterocycles. The van der Waals surface area contributed by atoms with Gasteiger partial charge < -0.3 is 0 Å². The minimum Gasteiger partial charge on any atom is -0.296 e. The lowest BCUT2D eigenvalue weighted by molar-refractivity contribution is 0.388. The summed E-state index contributed by atoms with van der Waals surface area (Å²) in [4.78, 5) is 13.2. The fourth-order valence-electron chi connectivity index (χ4n) is 1.02. The number of halogens is 2. The zero-order chi connectivity index (χ0) is 10.1. The molecule has 0 saturated carbocycles. The van der Waals surface area contributed by atoms with E-state index >= 15 is 0 Å². The van der Waals surface area contributed by atoms with E-state index in [9.17, 15) is 4.79 Å². The summed E-state index contributed by atoms with van der Waals surface area (Å²) in [6.07, 6.45) is 0. The Morgan fingerprint density at radius 2 is 2.29 bits per heavy atom. The van der Waals surface area contributed by atoms with Crippen LogP contribution in [-0.2, 0) is 0 Å².